The highest BCUT2D eigenvalue weighted by atomic mass is 35.5. The molecule has 12 rings (SSSR count). The molecule has 4 aliphatic heterocycles. The van der Waals surface area contributed by atoms with Gasteiger partial charge in [0.1, 0.15) is 35.9 Å². The molecule has 0 amide bonds. The maximum atomic E-state index is 13.1. The van der Waals surface area contributed by atoms with Crippen molar-refractivity contribution in [2.75, 3.05) is 46.6 Å². The van der Waals surface area contributed by atoms with Gasteiger partial charge in [0, 0.05) is 91.7 Å². The smallest absolute Gasteiger partial charge is 0.356 e. The Kier molecular flexibility index (Phi) is 12.7. The lowest BCUT2D eigenvalue weighted by atomic mass is 9.92. The largest absolute Gasteiger partial charge is 0.416 e. The molecule has 2 saturated heterocycles. The summed E-state index contributed by atoms with van der Waals surface area (Å²) in [5.41, 5.74) is 3.50. The Morgan fingerprint density at radius 3 is 1.38 bits per heavy atom. The molecule has 2 aromatic carbocycles. The van der Waals surface area contributed by atoms with Crippen molar-refractivity contribution >= 4 is 35.1 Å². The average Bonchev–Trinajstić information content (AvgIpc) is 3.95. The van der Waals surface area contributed by atoms with Crippen molar-refractivity contribution in [1.82, 2.24) is 49.5 Å². The van der Waals surface area contributed by atoms with Gasteiger partial charge in [0.25, 0.3) is 0 Å². The lowest BCUT2D eigenvalue weighted by Crippen LogP contribution is -2.48. The molecule has 0 radical (unpaired) electrons. The summed E-state index contributed by atoms with van der Waals surface area (Å²) in [6, 6.07) is 18.6. The summed E-state index contributed by atoms with van der Waals surface area (Å²) in [6.07, 6.45) is 10.0. The van der Waals surface area contributed by atoms with Gasteiger partial charge in [-0.3, -0.25) is 0 Å². The molecule has 6 aromatic rings. The van der Waals surface area contributed by atoms with Crippen molar-refractivity contribution < 1.29 is 13.2 Å². The summed E-state index contributed by atoms with van der Waals surface area (Å²) < 4.78 is 43.3. The number of fused-ring (bicyclic) bond motifs is 6. The first-order chi connectivity index (χ1) is 33.5. The zero-order chi connectivity index (χ0) is 47.2. The fourth-order valence-electron chi connectivity index (χ4n) is 12.2. The number of rotatable bonds is 8. The van der Waals surface area contributed by atoms with Crippen LogP contribution in [0.5, 0.6) is 0 Å². The molecule has 2 saturated carbocycles. The number of halogens is 4. The second-order valence-electron chi connectivity index (χ2n) is 20.2. The molecule has 2 unspecified atom stereocenters. The first-order valence-corrected chi connectivity index (χ1v) is 25.3. The molecule has 6 aliphatic rings. The summed E-state index contributed by atoms with van der Waals surface area (Å²) in [6.45, 7) is 9.64. The van der Waals surface area contributed by atoms with Crippen LogP contribution in [0.3, 0.4) is 0 Å². The molecule has 8 heterocycles. The highest BCUT2D eigenvalue weighted by Gasteiger charge is 2.45. The fourth-order valence-corrected chi connectivity index (χ4v) is 12.3. The minimum atomic E-state index is -4.33. The standard InChI is InChI=1S/C26H30F3N7.C25H30ClN7/c1-16-12-22(31-15-30-16)35-13-18-5-6-19(14-35)23(18)32-25-33-24-21(4-2-3-11-36(24)34-25)17-7-9-20(10-8-17)26(27,28)29;1-16-12-22(28-15-27-16)32-13-18-5-6-19(14-32)23(18)29-25-30-24-21(4-2-3-11-33(24)31-25)17-7-9-20(26)10-8-17/h7-10,12,15,18-19,21,23H,2-6,11,13-14H2,1H3,(H,32,34);7-10,12,15,18-19,21,23H,2-6,11,13-14H2,1H3,(H,29,31)/t18-,19+,21-,23?;18-,19+,21?,23+/m1./s1. The maximum Gasteiger partial charge on any atom is 0.416 e. The van der Waals surface area contributed by atoms with E-state index in [1.165, 1.54) is 37.0 Å². The van der Waals surface area contributed by atoms with Crippen molar-refractivity contribution in [3.05, 3.63) is 118 Å². The molecule has 4 bridgehead atoms. The quantitative estimate of drug-likeness (QED) is 0.150. The van der Waals surface area contributed by atoms with Gasteiger partial charge in [0.2, 0.25) is 11.9 Å². The summed E-state index contributed by atoms with van der Waals surface area (Å²) in [5.74, 6) is 7.72. The number of piperidine rings is 2. The lowest BCUT2D eigenvalue weighted by molar-refractivity contribution is -0.137. The van der Waals surface area contributed by atoms with Crippen LogP contribution >= 0.6 is 11.6 Å². The van der Waals surface area contributed by atoms with E-state index >= 15 is 0 Å². The van der Waals surface area contributed by atoms with E-state index in [4.69, 9.17) is 31.8 Å². The number of nitrogens with one attached hydrogen (secondary N) is 2. The Hall–Kier alpha value is -5.84. The molecule has 0 spiro atoms. The molecule has 18 heteroatoms. The molecule has 2 N–H and O–H groups in total. The molecule has 2 aliphatic carbocycles. The van der Waals surface area contributed by atoms with Crippen molar-refractivity contribution in [2.24, 2.45) is 23.7 Å². The van der Waals surface area contributed by atoms with Crippen molar-refractivity contribution in [3.8, 4) is 0 Å². The molecule has 69 heavy (non-hydrogen) atoms. The number of nitrogens with zero attached hydrogens (tertiary/aromatic N) is 12. The predicted molar refractivity (Wildman–Crippen MR) is 260 cm³/mol. The van der Waals surface area contributed by atoms with Crippen LogP contribution in [0.1, 0.15) is 116 Å². The minimum absolute atomic E-state index is 0.0580. The van der Waals surface area contributed by atoms with E-state index in [-0.39, 0.29) is 11.8 Å². The molecule has 14 nitrogen and oxygen atoms in total. The number of hydrogen-bond acceptors (Lipinski definition) is 12. The number of anilines is 4. The van der Waals surface area contributed by atoms with Gasteiger partial charge < -0.3 is 20.4 Å². The van der Waals surface area contributed by atoms with Crippen LogP contribution in [-0.2, 0) is 19.3 Å². The number of aryl methyl sites for hydroxylation is 4. The lowest BCUT2D eigenvalue weighted by Gasteiger charge is -2.38. The van der Waals surface area contributed by atoms with E-state index < -0.39 is 11.7 Å². The van der Waals surface area contributed by atoms with Gasteiger partial charge >= 0.3 is 6.18 Å². The molecule has 362 valence electrons. The van der Waals surface area contributed by atoms with Gasteiger partial charge in [-0.05, 0) is 124 Å². The summed E-state index contributed by atoms with van der Waals surface area (Å²) in [7, 11) is 0. The van der Waals surface area contributed by atoms with E-state index in [0.29, 0.717) is 41.7 Å². The maximum absolute atomic E-state index is 13.1. The predicted octanol–water partition coefficient (Wildman–Crippen LogP) is 9.71. The fraction of sp³-hybridized carbons (Fsp3) is 0.529. The number of hydrogen-bond donors (Lipinski definition) is 2. The van der Waals surface area contributed by atoms with E-state index in [2.05, 4.69) is 63.3 Å². The third kappa shape index (κ3) is 9.72. The third-order valence-electron chi connectivity index (χ3n) is 15.6. The molecule has 4 aromatic heterocycles. The van der Waals surface area contributed by atoms with Crippen molar-refractivity contribution in [1.29, 1.82) is 0 Å². The number of aromatic nitrogens is 10. The van der Waals surface area contributed by atoms with Crippen LogP contribution in [0, 0.1) is 37.5 Å². The molecular formula is C51H60ClF3N14. The Labute approximate surface area is 405 Å². The van der Waals surface area contributed by atoms with Gasteiger partial charge in [-0.25, -0.2) is 29.3 Å². The van der Waals surface area contributed by atoms with Gasteiger partial charge in [0.05, 0.1) is 5.56 Å². The second-order valence-corrected chi connectivity index (χ2v) is 20.6. The van der Waals surface area contributed by atoms with Crippen LogP contribution < -0.4 is 20.4 Å². The Morgan fingerprint density at radius 1 is 0.551 bits per heavy atom. The highest BCUT2D eigenvalue weighted by molar-refractivity contribution is 6.30. The molecular weight excluding hydrogens is 901 g/mol. The second kappa shape index (κ2) is 19.2. The Morgan fingerprint density at radius 2 is 0.971 bits per heavy atom. The van der Waals surface area contributed by atoms with E-state index in [0.717, 1.165) is 135 Å². The van der Waals surface area contributed by atoms with Gasteiger partial charge in [-0.1, -0.05) is 48.7 Å². The molecule has 4 fully saturated rings. The van der Waals surface area contributed by atoms with E-state index in [1.54, 1.807) is 24.8 Å². The van der Waals surface area contributed by atoms with Crippen LogP contribution in [0.4, 0.5) is 36.7 Å². The molecule has 8 atom stereocenters. The topological polar surface area (TPSA) is 144 Å². The first-order valence-electron chi connectivity index (χ1n) is 24.9. The normalized spacial score (nSPS) is 26.3. The van der Waals surface area contributed by atoms with Gasteiger partial charge in [-0.15, -0.1) is 10.2 Å². The Balaban J connectivity index is 0.000000151. The van der Waals surface area contributed by atoms with Crippen LogP contribution in [0.15, 0.2) is 73.3 Å². The van der Waals surface area contributed by atoms with E-state index in [9.17, 15) is 13.2 Å². The minimum Gasteiger partial charge on any atom is -0.356 e. The first kappa shape index (κ1) is 45.6. The summed E-state index contributed by atoms with van der Waals surface area (Å²) in [4.78, 5) is 32.2. The monoisotopic (exact) mass is 960 g/mol. The van der Waals surface area contributed by atoms with E-state index in [1.807, 2.05) is 36.7 Å². The van der Waals surface area contributed by atoms with Gasteiger partial charge in [-0.2, -0.15) is 23.1 Å². The third-order valence-corrected chi connectivity index (χ3v) is 15.9. The number of alkyl halides is 3. The van der Waals surface area contributed by atoms with Crippen molar-refractivity contribution in [3.63, 3.8) is 0 Å². The summed E-state index contributed by atoms with van der Waals surface area (Å²) >= 11 is 6.13. The van der Waals surface area contributed by atoms with Crippen LogP contribution in [0.25, 0.3) is 0 Å². The van der Waals surface area contributed by atoms with Crippen molar-refractivity contribution in [2.45, 2.75) is 121 Å². The summed E-state index contributed by atoms with van der Waals surface area (Å²) in [5, 5.41) is 17.9. The highest BCUT2D eigenvalue weighted by Crippen LogP contribution is 2.43. The number of benzene rings is 2. The zero-order valence-corrected chi connectivity index (χ0v) is 40.0. The van der Waals surface area contributed by atoms with Crippen LogP contribution in [-0.4, -0.2) is 87.7 Å². The zero-order valence-electron chi connectivity index (χ0n) is 39.2. The average molecular weight is 962 g/mol. The van der Waals surface area contributed by atoms with Gasteiger partial charge in [0.15, 0.2) is 0 Å². The van der Waals surface area contributed by atoms with Crippen LogP contribution in [0.2, 0.25) is 5.02 Å². The Bertz CT molecular complexity index is 2700. The SMILES string of the molecule is Cc1cc(N2C[C@H]3CC[C@@H](C2)C3Nc2nc3n(n2)CCCC[C@@H]3c2ccc(C(F)(F)F)cc2)ncn1.Cc1cc(N2C[C@H]3CC[C@@H](C2)[C@H]3Nc2nc3n(n2)CCCCC3c2ccc(Cl)cc2)ncn1.